The maximum Gasteiger partial charge on any atom is 0.151 e. The first-order chi connectivity index (χ1) is 12.3. The second-order valence-corrected chi connectivity index (χ2v) is 6.94. The maximum atomic E-state index is 4.41. The van der Waals surface area contributed by atoms with Crippen molar-refractivity contribution < 1.29 is 0 Å². The number of likely N-dealkylation sites (N-methyl/N-ethyl adjacent to an activating group) is 1. The van der Waals surface area contributed by atoms with Gasteiger partial charge in [0.05, 0.1) is 0 Å². The van der Waals surface area contributed by atoms with Gasteiger partial charge in [0.2, 0.25) is 0 Å². The van der Waals surface area contributed by atoms with E-state index < -0.39 is 0 Å². The number of nitrogens with zero attached hydrogens (tertiary/aromatic N) is 4. The largest absolute Gasteiger partial charge is 0.361 e. The van der Waals surface area contributed by atoms with E-state index in [2.05, 4.69) is 56.0 Å². The third-order valence-corrected chi connectivity index (χ3v) is 5.35. The fraction of sp³-hybridized carbons (Fsp3) is 0.300. The average Bonchev–Trinajstić information content (AvgIpc) is 3.34. The maximum absolute atomic E-state index is 4.41. The minimum atomic E-state index is 0.578. The number of aromatic amines is 1. The molecule has 2 saturated heterocycles. The molecule has 0 radical (unpaired) electrons. The Morgan fingerprint density at radius 1 is 1.04 bits per heavy atom. The molecule has 124 valence electrons. The molecule has 5 nitrogen and oxygen atoms in total. The molecular formula is C20H19N5. The van der Waals surface area contributed by atoms with E-state index in [1.165, 1.54) is 11.8 Å². The quantitative estimate of drug-likeness (QED) is 0.696. The number of fused-ring (bicyclic) bond motifs is 3. The highest BCUT2D eigenvalue weighted by Crippen LogP contribution is 2.32. The molecule has 0 unspecified atom stereocenters. The van der Waals surface area contributed by atoms with Crippen molar-refractivity contribution in [3.63, 3.8) is 0 Å². The molecule has 2 aliphatic heterocycles. The van der Waals surface area contributed by atoms with Crippen LogP contribution in [0.25, 0.3) is 10.9 Å². The first-order valence-corrected chi connectivity index (χ1v) is 8.66. The Hall–Kier alpha value is -2.84. The molecule has 2 aliphatic rings. The van der Waals surface area contributed by atoms with Crippen molar-refractivity contribution >= 4 is 16.7 Å². The number of rotatable bonds is 1. The van der Waals surface area contributed by atoms with Gasteiger partial charge in [-0.05, 0) is 55.8 Å². The van der Waals surface area contributed by atoms with Gasteiger partial charge in [0.25, 0.3) is 0 Å². The SMILES string of the molecule is CN1C[C@H]2C[C@H]1CN2c1ccc(C#Cc2ccc3[nH]ccc3c2)nn1. The number of likely N-dealkylation sites (tertiary alicyclic amines) is 1. The molecule has 4 heterocycles. The summed E-state index contributed by atoms with van der Waals surface area (Å²) < 4.78 is 0. The predicted molar refractivity (Wildman–Crippen MR) is 98.5 cm³/mol. The van der Waals surface area contributed by atoms with E-state index in [0.29, 0.717) is 17.8 Å². The Kier molecular flexibility index (Phi) is 3.25. The van der Waals surface area contributed by atoms with Crippen LogP contribution in [0.3, 0.4) is 0 Å². The van der Waals surface area contributed by atoms with Gasteiger partial charge < -0.3 is 9.88 Å². The second-order valence-electron chi connectivity index (χ2n) is 6.94. The molecule has 0 saturated carbocycles. The minimum absolute atomic E-state index is 0.578. The molecule has 2 fully saturated rings. The topological polar surface area (TPSA) is 48.0 Å². The fourth-order valence-electron chi connectivity index (χ4n) is 3.96. The van der Waals surface area contributed by atoms with Crippen molar-refractivity contribution in [2.45, 2.75) is 18.5 Å². The summed E-state index contributed by atoms with van der Waals surface area (Å²) in [7, 11) is 2.21. The molecule has 25 heavy (non-hydrogen) atoms. The number of piperazine rings is 1. The molecule has 0 aliphatic carbocycles. The fourth-order valence-corrected chi connectivity index (χ4v) is 3.96. The van der Waals surface area contributed by atoms with Gasteiger partial charge in [-0.15, -0.1) is 10.2 Å². The van der Waals surface area contributed by atoms with Gasteiger partial charge in [0, 0.05) is 47.8 Å². The number of anilines is 1. The van der Waals surface area contributed by atoms with Crippen LogP contribution in [0.2, 0.25) is 0 Å². The molecule has 5 heteroatoms. The van der Waals surface area contributed by atoms with E-state index in [9.17, 15) is 0 Å². The molecule has 2 aromatic heterocycles. The van der Waals surface area contributed by atoms with Gasteiger partial charge >= 0.3 is 0 Å². The van der Waals surface area contributed by atoms with E-state index in [1.807, 2.05) is 30.5 Å². The summed E-state index contributed by atoms with van der Waals surface area (Å²) in [4.78, 5) is 8.01. The number of nitrogens with one attached hydrogen (secondary N) is 1. The normalized spacial score (nSPS) is 22.4. The van der Waals surface area contributed by atoms with Crippen LogP contribution in [0.4, 0.5) is 5.82 Å². The van der Waals surface area contributed by atoms with Crippen molar-refractivity contribution in [3.8, 4) is 11.8 Å². The lowest BCUT2D eigenvalue weighted by Crippen LogP contribution is -2.44. The van der Waals surface area contributed by atoms with Crippen LogP contribution in [-0.2, 0) is 0 Å². The lowest BCUT2D eigenvalue weighted by molar-refractivity contribution is 0.292. The van der Waals surface area contributed by atoms with Gasteiger partial charge in [0.1, 0.15) is 5.69 Å². The molecule has 5 rings (SSSR count). The summed E-state index contributed by atoms with van der Waals surface area (Å²) in [6, 6.07) is 13.5. The zero-order chi connectivity index (χ0) is 16.8. The first kappa shape index (κ1) is 14.5. The molecule has 2 atom stereocenters. The number of hydrogen-bond acceptors (Lipinski definition) is 4. The van der Waals surface area contributed by atoms with Crippen LogP contribution in [0.15, 0.2) is 42.6 Å². The molecule has 2 bridgehead atoms. The Balaban J connectivity index is 1.34. The Labute approximate surface area is 146 Å². The Morgan fingerprint density at radius 2 is 2.00 bits per heavy atom. The van der Waals surface area contributed by atoms with Crippen LogP contribution < -0.4 is 4.90 Å². The van der Waals surface area contributed by atoms with Crippen molar-refractivity contribution in [3.05, 3.63) is 53.9 Å². The summed E-state index contributed by atoms with van der Waals surface area (Å²) in [6.45, 7) is 2.17. The standard InChI is InChI=1S/C20H19N5/c1-24-12-18-11-17(24)13-25(18)20-7-5-16(22-23-20)4-2-14-3-6-19-15(10-14)8-9-21-19/h3,5-10,17-18,21H,11-13H2,1H3/t17-,18+/m0/s1. The van der Waals surface area contributed by atoms with Crippen LogP contribution in [0, 0.1) is 11.8 Å². The summed E-state index contributed by atoms with van der Waals surface area (Å²) in [6.07, 6.45) is 3.18. The molecule has 0 spiro atoms. The molecular weight excluding hydrogens is 310 g/mol. The van der Waals surface area contributed by atoms with E-state index >= 15 is 0 Å². The number of aromatic nitrogens is 3. The van der Waals surface area contributed by atoms with Crippen LogP contribution in [0.5, 0.6) is 0 Å². The van der Waals surface area contributed by atoms with Crippen molar-refractivity contribution in [1.82, 2.24) is 20.1 Å². The molecule has 1 N–H and O–H groups in total. The highest BCUT2D eigenvalue weighted by atomic mass is 15.4. The third kappa shape index (κ3) is 2.55. The Morgan fingerprint density at radius 3 is 2.76 bits per heavy atom. The van der Waals surface area contributed by atoms with Crippen molar-refractivity contribution in [2.24, 2.45) is 0 Å². The summed E-state index contributed by atoms with van der Waals surface area (Å²) >= 11 is 0. The smallest absolute Gasteiger partial charge is 0.151 e. The zero-order valence-electron chi connectivity index (χ0n) is 14.1. The van der Waals surface area contributed by atoms with E-state index in [-0.39, 0.29) is 0 Å². The minimum Gasteiger partial charge on any atom is -0.361 e. The highest BCUT2D eigenvalue weighted by Gasteiger charge is 2.41. The van der Waals surface area contributed by atoms with Crippen LogP contribution in [0.1, 0.15) is 17.7 Å². The number of H-pyrrole nitrogens is 1. The van der Waals surface area contributed by atoms with Crippen molar-refractivity contribution in [2.75, 3.05) is 25.0 Å². The Bertz CT molecular complexity index is 976. The third-order valence-electron chi connectivity index (χ3n) is 5.35. The van der Waals surface area contributed by atoms with Crippen molar-refractivity contribution in [1.29, 1.82) is 0 Å². The highest BCUT2D eigenvalue weighted by molar-refractivity contribution is 5.80. The molecule has 1 aromatic carbocycles. The van der Waals surface area contributed by atoms with Gasteiger partial charge in [-0.1, -0.05) is 5.92 Å². The van der Waals surface area contributed by atoms with Gasteiger partial charge in [0.15, 0.2) is 5.82 Å². The summed E-state index contributed by atoms with van der Waals surface area (Å²) in [5, 5.41) is 9.89. The molecule has 3 aromatic rings. The predicted octanol–water partition coefficient (Wildman–Crippen LogP) is 2.25. The first-order valence-electron chi connectivity index (χ1n) is 8.66. The monoisotopic (exact) mass is 329 g/mol. The lowest BCUT2D eigenvalue weighted by Gasteiger charge is -2.32. The molecule has 0 amide bonds. The van der Waals surface area contributed by atoms with Crippen LogP contribution >= 0.6 is 0 Å². The average molecular weight is 329 g/mol. The second kappa shape index (κ2) is 5.61. The van der Waals surface area contributed by atoms with Gasteiger partial charge in [-0.3, -0.25) is 4.90 Å². The van der Waals surface area contributed by atoms with E-state index in [4.69, 9.17) is 0 Å². The van der Waals surface area contributed by atoms with E-state index in [0.717, 1.165) is 30.0 Å². The van der Waals surface area contributed by atoms with Crippen LogP contribution in [-0.4, -0.2) is 52.3 Å². The zero-order valence-corrected chi connectivity index (χ0v) is 14.1. The lowest BCUT2D eigenvalue weighted by atomic mass is 10.1. The van der Waals surface area contributed by atoms with Gasteiger partial charge in [-0.2, -0.15) is 0 Å². The number of hydrogen-bond donors (Lipinski definition) is 1. The summed E-state index contributed by atoms with van der Waals surface area (Å²) in [5.41, 5.74) is 2.82. The summed E-state index contributed by atoms with van der Waals surface area (Å²) in [5.74, 6) is 7.27. The van der Waals surface area contributed by atoms with E-state index in [1.54, 1.807) is 0 Å². The van der Waals surface area contributed by atoms with Gasteiger partial charge in [-0.25, -0.2) is 0 Å². The number of benzene rings is 1.